The zero-order chi connectivity index (χ0) is 28.9. The molecule has 3 atom stereocenters. The molecule has 0 unspecified atom stereocenters. The summed E-state index contributed by atoms with van der Waals surface area (Å²) in [5, 5.41) is 0. The Morgan fingerprint density at radius 3 is 2.49 bits per heavy atom. The summed E-state index contributed by atoms with van der Waals surface area (Å²) in [5.41, 5.74) is 6.37. The summed E-state index contributed by atoms with van der Waals surface area (Å²) in [6.45, 7) is 3.59. The molecule has 3 rings (SSSR count). The molecule has 0 radical (unpaired) electrons. The molecule has 2 N–H and O–H groups in total. The van der Waals surface area contributed by atoms with Crippen molar-refractivity contribution in [1.29, 1.82) is 0 Å². The minimum atomic E-state index is -3.09. The number of nitrogens with zero attached hydrogens (tertiary/aromatic N) is 2. The molecule has 1 aromatic rings. The lowest BCUT2D eigenvalue weighted by atomic mass is 9.93. The largest absolute Gasteiger partial charge is 0.442 e. The maximum absolute atomic E-state index is 14.9. The third-order valence-corrected chi connectivity index (χ3v) is 8.78. The summed E-state index contributed by atoms with van der Waals surface area (Å²) >= 11 is 0. The number of halogens is 1. The number of nitrogens with two attached hydrogens (primary N) is 1. The molecule has 0 aliphatic carbocycles. The number of rotatable bonds is 9. The molecular formula is C25H34FN3O9S. The molecule has 216 valence electrons. The summed E-state index contributed by atoms with van der Waals surface area (Å²) in [6, 6.07) is 3.36. The number of anilines is 1. The van der Waals surface area contributed by atoms with E-state index in [0.717, 1.165) is 6.92 Å². The molecule has 0 saturated carbocycles. The van der Waals surface area contributed by atoms with Crippen LogP contribution in [-0.4, -0.2) is 80.9 Å². The van der Waals surface area contributed by atoms with E-state index in [0.29, 0.717) is 29.7 Å². The van der Waals surface area contributed by atoms with Crippen molar-refractivity contribution in [3.05, 3.63) is 29.6 Å². The van der Waals surface area contributed by atoms with Crippen molar-refractivity contribution >= 4 is 39.6 Å². The van der Waals surface area contributed by atoms with E-state index >= 15 is 0 Å². The number of carbonyl (C=O) groups excluding carboxylic acids is 4. The molecule has 2 aliphatic heterocycles. The van der Waals surface area contributed by atoms with E-state index in [1.54, 1.807) is 13.0 Å². The Labute approximate surface area is 226 Å². The van der Waals surface area contributed by atoms with E-state index in [2.05, 4.69) is 0 Å². The maximum atomic E-state index is 14.9. The second-order valence-corrected chi connectivity index (χ2v) is 12.1. The Morgan fingerprint density at radius 1 is 1.23 bits per heavy atom. The highest BCUT2D eigenvalue weighted by atomic mass is 32.2. The normalized spacial score (nSPS) is 20.6. The first-order valence-electron chi connectivity index (χ1n) is 12.7. The van der Waals surface area contributed by atoms with Gasteiger partial charge in [-0.1, -0.05) is 26.3 Å². The van der Waals surface area contributed by atoms with Gasteiger partial charge in [-0.15, -0.1) is 0 Å². The highest BCUT2D eigenvalue weighted by Gasteiger charge is 2.37. The molecule has 2 saturated heterocycles. The van der Waals surface area contributed by atoms with Crippen molar-refractivity contribution in [2.45, 2.75) is 58.1 Å². The Morgan fingerprint density at radius 2 is 1.90 bits per heavy atom. The van der Waals surface area contributed by atoms with Crippen molar-refractivity contribution in [3.8, 4) is 0 Å². The third-order valence-electron chi connectivity index (χ3n) is 7.06. The highest BCUT2D eigenvalue weighted by Crippen LogP contribution is 2.33. The third kappa shape index (κ3) is 7.66. The van der Waals surface area contributed by atoms with Crippen LogP contribution < -0.4 is 10.6 Å². The Bertz CT molecular complexity index is 1200. The smallest absolute Gasteiger partial charge is 0.419 e. The first kappa shape index (κ1) is 30.3. The van der Waals surface area contributed by atoms with Crippen molar-refractivity contribution in [1.82, 2.24) is 4.90 Å². The molecule has 2 aliphatic rings. The Balaban J connectivity index is 1.57. The summed E-state index contributed by atoms with van der Waals surface area (Å²) in [7, 11) is -3.09. The average Bonchev–Trinajstić information content (AvgIpc) is 3.26. The number of carbonyl (C=O) groups is 4. The fourth-order valence-corrected chi connectivity index (χ4v) is 5.87. The van der Waals surface area contributed by atoms with Gasteiger partial charge in [0.2, 0.25) is 12.7 Å². The van der Waals surface area contributed by atoms with E-state index < -0.39 is 58.7 Å². The van der Waals surface area contributed by atoms with Crippen LogP contribution in [0, 0.1) is 11.7 Å². The molecular weight excluding hydrogens is 537 g/mol. The van der Waals surface area contributed by atoms with Gasteiger partial charge in [0.05, 0.1) is 30.3 Å². The van der Waals surface area contributed by atoms with Crippen molar-refractivity contribution in [3.63, 3.8) is 0 Å². The summed E-state index contributed by atoms with van der Waals surface area (Å²) in [6.07, 6.45) is -1.52. The molecule has 1 aromatic carbocycles. The van der Waals surface area contributed by atoms with Crippen molar-refractivity contribution in [2.75, 3.05) is 36.3 Å². The molecule has 0 aromatic heterocycles. The van der Waals surface area contributed by atoms with Gasteiger partial charge in [0, 0.05) is 6.92 Å². The first-order chi connectivity index (χ1) is 18.3. The van der Waals surface area contributed by atoms with Gasteiger partial charge in [-0.2, -0.15) is 0 Å². The standard InChI is InChI=1S/C25H34FN3O9S/c1-4-15(2)22(27)23(31)36-14-37-24(32)28(16(3)30)12-19-13-29(25(33)38-19)18-5-6-20(21(26)11-18)17-7-9-39(34,35)10-8-17/h5-6,11,15,17,19,22H,4,7-10,12-14,27H2,1-3H3/t15-,19-,22-/m0/s1. The monoisotopic (exact) mass is 571 g/mol. The number of esters is 1. The molecule has 14 heteroatoms. The van der Waals surface area contributed by atoms with Crippen LogP contribution in [0.1, 0.15) is 51.5 Å². The average molecular weight is 572 g/mol. The number of hydrogen-bond acceptors (Lipinski definition) is 10. The van der Waals surface area contributed by atoms with Crippen LogP contribution >= 0.6 is 0 Å². The molecule has 0 spiro atoms. The van der Waals surface area contributed by atoms with Gasteiger partial charge in [-0.3, -0.25) is 14.5 Å². The SMILES string of the molecule is CC[C@H](C)[C@H](N)C(=O)OCOC(=O)N(C[C@H]1CN(c2ccc(C3CCS(=O)(=O)CC3)c(F)c2)C(=O)O1)C(C)=O. The predicted octanol–water partition coefficient (Wildman–Crippen LogP) is 2.30. The summed E-state index contributed by atoms with van der Waals surface area (Å²) in [5.74, 6) is -2.38. The molecule has 2 heterocycles. The quantitative estimate of drug-likeness (QED) is 0.344. The molecule has 39 heavy (non-hydrogen) atoms. The first-order valence-corrected chi connectivity index (χ1v) is 14.5. The maximum Gasteiger partial charge on any atom is 0.419 e. The van der Waals surface area contributed by atoms with Gasteiger partial charge in [0.25, 0.3) is 0 Å². The van der Waals surface area contributed by atoms with Gasteiger partial charge in [-0.05, 0) is 42.4 Å². The lowest BCUT2D eigenvalue weighted by Crippen LogP contribution is -2.43. The van der Waals surface area contributed by atoms with E-state index in [4.69, 9.17) is 19.9 Å². The minimum absolute atomic E-state index is 0.00209. The molecule has 2 fully saturated rings. The summed E-state index contributed by atoms with van der Waals surface area (Å²) in [4.78, 5) is 50.8. The topological polar surface area (TPSA) is 163 Å². The van der Waals surface area contributed by atoms with Crippen LogP contribution in [0.25, 0.3) is 0 Å². The second kappa shape index (κ2) is 12.7. The van der Waals surface area contributed by atoms with E-state index in [-0.39, 0.29) is 42.1 Å². The van der Waals surface area contributed by atoms with E-state index in [1.807, 2.05) is 6.92 Å². The summed E-state index contributed by atoms with van der Waals surface area (Å²) < 4.78 is 53.3. The minimum Gasteiger partial charge on any atom is -0.442 e. The molecule has 0 bridgehead atoms. The van der Waals surface area contributed by atoms with Crippen LogP contribution in [0.2, 0.25) is 0 Å². The van der Waals surface area contributed by atoms with Gasteiger partial charge in [0.1, 0.15) is 27.8 Å². The lowest BCUT2D eigenvalue weighted by molar-refractivity contribution is -0.155. The van der Waals surface area contributed by atoms with Crippen LogP contribution in [-0.2, 0) is 33.6 Å². The van der Waals surface area contributed by atoms with Crippen molar-refractivity contribution in [2.24, 2.45) is 11.7 Å². The number of amides is 3. The lowest BCUT2D eigenvalue weighted by Gasteiger charge is -2.23. The number of benzene rings is 1. The van der Waals surface area contributed by atoms with Gasteiger partial charge < -0.3 is 19.9 Å². The zero-order valence-corrected chi connectivity index (χ0v) is 22.9. The van der Waals surface area contributed by atoms with Crippen LogP contribution in [0.5, 0.6) is 0 Å². The number of hydrogen-bond donors (Lipinski definition) is 1. The fraction of sp³-hybridized carbons (Fsp3) is 0.600. The van der Waals surface area contributed by atoms with Gasteiger partial charge in [-0.25, -0.2) is 27.3 Å². The predicted molar refractivity (Wildman–Crippen MR) is 137 cm³/mol. The van der Waals surface area contributed by atoms with E-state index in [1.165, 1.54) is 17.0 Å². The molecule has 3 amide bonds. The Kier molecular flexibility index (Phi) is 9.88. The highest BCUT2D eigenvalue weighted by molar-refractivity contribution is 7.91. The number of ether oxygens (including phenoxy) is 3. The van der Waals surface area contributed by atoms with Crippen LogP contribution in [0.15, 0.2) is 18.2 Å². The Hall–Kier alpha value is -3.26. The second-order valence-electron chi connectivity index (χ2n) is 9.78. The number of sulfone groups is 1. The van der Waals surface area contributed by atoms with Crippen LogP contribution in [0.3, 0.4) is 0 Å². The number of cyclic esters (lactones) is 1. The van der Waals surface area contributed by atoms with Crippen molar-refractivity contribution < 1.29 is 46.2 Å². The van der Waals surface area contributed by atoms with E-state index in [9.17, 15) is 32.0 Å². The van der Waals surface area contributed by atoms with Crippen LogP contribution in [0.4, 0.5) is 19.7 Å². The molecule has 12 nitrogen and oxygen atoms in total. The fourth-order valence-electron chi connectivity index (χ4n) is 4.38. The van der Waals surface area contributed by atoms with Gasteiger partial charge in [0.15, 0.2) is 0 Å². The number of imide groups is 1. The van der Waals surface area contributed by atoms with Gasteiger partial charge >= 0.3 is 18.2 Å². The zero-order valence-electron chi connectivity index (χ0n) is 22.1.